The second-order valence-electron chi connectivity index (χ2n) is 7.73. The summed E-state index contributed by atoms with van der Waals surface area (Å²) < 4.78 is 2.17. The maximum absolute atomic E-state index is 13.3. The SMILES string of the molecule is C[C@@H](Sc1nc2cc(Cl)ccc2n1Cc1ccccc1)C(=O)N1CCc2ccccc21. The number of rotatable bonds is 5. The fourth-order valence-corrected chi connectivity index (χ4v) is 5.24. The van der Waals surface area contributed by atoms with Gasteiger partial charge in [0.05, 0.1) is 22.8 Å². The van der Waals surface area contributed by atoms with E-state index in [1.165, 1.54) is 22.9 Å². The first-order valence-electron chi connectivity index (χ1n) is 10.4. The molecule has 0 aliphatic carbocycles. The molecule has 1 amide bonds. The highest BCUT2D eigenvalue weighted by atomic mass is 35.5. The largest absolute Gasteiger partial charge is 0.314 e. The first-order valence-corrected chi connectivity index (χ1v) is 11.6. The van der Waals surface area contributed by atoms with Gasteiger partial charge in [-0.25, -0.2) is 4.98 Å². The zero-order chi connectivity index (χ0) is 21.4. The molecule has 0 spiro atoms. The number of hydrogen-bond donors (Lipinski definition) is 0. The second-order valence-corrected chi connectivity index (χ2v) is 9.47. The molecule has 156 valence electrons. The molecule has 1 aliphatic heterocycles. The average molecular weight is 448 g/mol. The molecule has 4 nitrogen and oxygen atoms in total. The van der Waals surface area contributed by atoms with Gasteiger partial charge in [0.2, 0.25) is 5.91 Å². The number of imidazole rings is 1. The van der Waals surface area contributed by atoms with Gasteiger partial charge in [-0.3, -0.25) is 4.79 Å². The van der Waals surface area contributed by atoms with Crippen molar-refractivity contribution in [3.63, 3.8) is 0 Å². The van der Waals surface area contributed by atoms with Gasteiger partial charge in [-0.15, -0.1) is 0 Å². The third kappa shape index (κ3) is 3.95. The molecule has 0 unspecified atom stereocenters. The number of carbonyl (C=O) groups excluding carboxylic acids is 1. The van der Waals surface area contributed by atoms with Gasteiger partial charge in [0.15, 0.2) is 5.16 Å². The first kappa shape index (κ1) is 20.2. The Morgan fingerprint density at radius 2 is 1.87 bits per heavy atom. The van der Waals surface area contributed by atoms with Gasteiger partial charge in [0, 0.05) is 17.3 Å². The molecule has 3 aromatic carbocycles. The van der Waals surface area contributed by atoms with E-state index in [4.69, 9.17) is 16.6 Å². The molecule has 0 N–H and O–H groups in total. The van der Waals surface area contributed by atoms with Crippen molar-refractivity contribution in [2.24, 2.45) is 0 Å². The van der Waals surface area contributed by atoms with Gasteiger partial charge < -0.3 is 9.47 Å². The van der Waals surface area contributed by atoms with Crippen LogP contribution in [0.25, 0.3) is 11.0 Å². The Morgan fingerprint density at radius 3 is 2.71 bits per heavy atom. The molecular weight excluding hydrogens is 426 g/mol. The molecular formula is C25H22ClN3OS. The summed E-state index contributed by atoms with van der Waals surface area (Å²) in [5.41, 5.74) is 5.31. The normalized spacial score (nSPS) is 14.1. The summed E-state index contributed by atoms with van der Waals surface area (Å²) in [5.74, 6) is 0.117. The predicted octanol–water partition coefficient (Wildman–Crippen LogP) is 5.81. The molecule has 0 radical (unpaired) electrons. The van der Waals surface area contributed by atoms with Gasteiger partial charge in [0.25, 0.3) is 0 Å². The Labute approximate surface area is 190 Å². The van der Waals surface area contributed by atoms with E-state index in [-0.39, 0.29) is 11.2 Å². The number of amides is 1. The number of para-hydroxylation sites is 1. The minimum Gasteiger partial charge on any atom is -0.314 e. The molecule has 4 aromatic rings. The molecule has 2 heterocycles. The van der Waals surface area contributed by atoms with E-state index in [1.807, 2.05) is 66.4 Å². The number of thioether (sulfide) groups is 1. The smallest absolute Gasteiger partial charge is 0.240 e. The lowest BCUT2D eigenvalue weighted by Gasteiger charge is -2.21. The van der Waals surface area contributed by atoms with E-state index in [9.17, 15) is 4.79 Å². The number of benzene rings is 3. The van der Waals surface area contributed by atoms with E-state index in [1.54, 1.807) is 0 Å². The number of carbonyl (C=O) groups is 1. The van der Waals surface area contributed by atoms with Crippen LogP contribution >= 0.6 is 23.4 Å². The van der Waals surface area contributed by atoms with Crippen LogP contribution in [0.5, 0.6) is 0 Å². The lowest BCUT2D eigenvalue weighted by Crippen LogP contribution is -2.35. The Hall–Kier alpha value is -2.76. The van der Waals surface area contributed by atoms with Crippen LogP contribution in [-0.2, 0) is 17.8 Å². The van der Waals surface area contributed by atoms with E-state index in [0.717, 1.165) is 34.8 Å². The maximum Gasteiger partial charge on any atom is 0.240 e. The third-order valence-corrected chi connectivity index (χ3v) is 6.95. The highest BCUT2D eigenvalue weighted by Gasteiger charge is 2.29. The molecule has 5 rings (SSSR count). The van der Waals surface area contributed by atoms with Crippen LogP contribution < -0.4 is 4.90 Å². The van der Waals surface area contributed by atoms with Crippen LogP contribution in [0.3, 0.4) is 0 Å². The number of aromatic nitrogens is 2. The van der Waals surface area contributed by atoms with Crippen LogP contribution in [0.15, 0.2) is 78.0 Å². The number of hydrogen-bond acceptors (Lipinski definition) is 3. The molecule has 31 heavy (non-hydrogen) atoms. The Morgan fingerprint density at radius 1 is 1.10 bits per heavy atom. The number of halogens is 1. The second kappa shape index (κ2) is 8.40. The lowest BCUT2D eigenvalue weighted by atomic mass is 10.2. The zero-order valence-corrected chi connectivity index (χ0v) is 18.7. The monoisotopic (exact) mass is 447 g/mol. The Bertz CT molecular complexity index is 1250. The van der Waals surface area contributed by atoms with Crippen molar-refractivity contribution < 1.29 is 4.79 Å². The van der Waals surface area contributed by atoms with Crippen molar-refractivity contribution in [2.75, 3.05) is 11.4 Å². The van der Waals surface area contributed by atoms with Crippen molar-refractivity contribution in [2.45, 2.75) is 30.3 Å². The van der Waals surface area contributed by atoms with E-state index in [0.29, 0.717) is 11.6 Å². The van der Waals surface area contributed by atoms with Crippen molar-refractivity contribution in [1.82, 2.24) is 9.55 Å². The molecule has 0 fully saturated rings. The first-order chi connectivity index (χ1) is 15.1. The minimum atomic E-state index is -0.257. The van der Waals surface area contributed by atoms with Gasteiger partial charge in [-0.2, -0.15) is 0 Å². The zero-order valence-electron chi connectivity index (χ0n) is 17.2. The summed E-state index contributed by atoms with van der Waals surface area (Å²) >= 11 is 7.72. The third-order valence-electron chi connectivity index (χ3n) is 5.64. The quantitative estimate of drug-likeness (QED) is 0.362. The molecule has 1 aliphatic rings. The van der Waals surface area contributed by atoms with Gasteiger partial charge in [-0.05, 0) is 48.7 Å². The van der Waals surface area contributed by atoms with Gasteiger partial charge in [0.1, 0.15) is 0 Å². The fraction of sp³-hybridized carbons (Fsp3) is 0.200. The Kier molecular flexibility index (Phi) is 5.47. The van der Waals surface area contributed by atoms with Gasteiger partial charge in [-0.1, -0.05) is 71.9 Å². The summed E-state index contributed by atoms with van der Waals surface area (Å²) in [6.45, 7) is 3.39. The van der Waals surface area contributed by atoms with Crippen LogP contribution in [0, 0.1) is 0 Å². The van der Waals surface area contributed by atoms with E-state index in [2.05, 4.69) is 22.8 Å². The average Bonchev–Trinajstić information content (AvgIpc) is 3.35. The number of fused-ring (bicyclic) bond motifs is 2. The topological polar surface area (TPSA) is 38.1 Å². The van der Waals surface area contributed by atoms with Gasteiger partial charge >= 0.3 is 0 Å². The summed E-state index contributed by atoms with van der Waals surface area (Å²) in [6.07, 6.45) is 0.907. The number of nitrogens with zero attached hydrogens (tertiary/aromatic N) is 3. The summed E-state index contributed by atoms with van der Waals surface area (Å²) in [6, 6.07) is 24.2. The summed E-state index contributed by atoms with van der Waals surface area (Å²) in [4.78, 5) is 20.0. The van der Waals surface area contributed by atoms with E-state index >= 15 is 0 Å². The molecule has 6 heteroatoms. The Balaban J connectivity index is 1.45. The molecule has 0 bridgehead atoms. The van der Waals surface area contributed by atoms with Crippen LogP contribution in [-0.4, -0.2) is 27.3 Å². The highest BCUT2D eigenvalue weighted by molar-refractivity contribution is 8.00. The maximum atomic E-state index is 13.3. The van der Waals surface area contributed by atoms with Crippen LogP contribution in [0.4, 0.5) is 5.69 Å². The van der Waals surface area contributed by atoms with Crippen molar-refractivity contribution >= 4 is 46.0 Å². The summed E-state index contributed by atoms with van der Waals surface area (Å²) in [5, 5.41) is 1.23. The minimum absolute atomic E-state index is 0.117. The number of anilines is 1. The fourth-order valence-electron chi connectivity index (χ4n) is 4.08. The van der Waals surface area contributed by atoms with Crippen molar-refractivity contribution in [1.29, 1.82) is 0 Å². The predicted molar refractivity (Wildman–Crippen MR) is 128 cm³/mol. The highest BCUT2D eigenvalue weighted by Crippen LogP contribution is 2.33. The van der Waals surface area contributed by atoms with Crippen molar-refractivity contribution in [3.05, 3.63) is 88.9 Å². The summed E-state index contributed by atoms with van der Waals surface area (Å²) in [7, 11) is 0. The molecule has 1 aromatic heterocycles. The lowest BCUT2D eigenvalue weighted by molar-refractivity contribution is -0.117. The van der Waals surface area contributed by atoms with Crippen LogP contribution in [0.1, 0.15) is 18.1 Å². The van der Waals surface area contributed by atoms with Crippen LogP contribution in [0.2, 0.25) is 5.02 Å². The molecule has 1 atom stereocenters. The standard InChI is InChI=1S/C25H22ClN3OS/c1-17(24(30)28-14-13-19-9-5-6-10-22(19)28)31-25-27-21-15-20(26)11-12-23(21)29(25)16-18-7-3-2-4-8-18/h2-12,15,17H,13-14,16H2,1H3/t17-/m1/s1. The molecule has 0 saturated carbocycles. The van der Waals surface area contributed by atoms with Crippen molar-refractivity contribution in [3.8, 4) is 0 Å². The molecule has 0 saturated heterocycles. The van der Waals surface area contributed by atoms with E-state index < -0.39 is 0 Å².